The third-order valence-electron chi connectivity index (χ3n) is 4.55. The Morgan fingerprint density at radius 1 is 1.35 bits per heavy atom. The van der Waals surface area contributed by atoms with Crippen LogP contribution in [0.2, 0.25) is 0 Å². The van der Waals surface area contributed by atoms with Gasteiger partial charge in [0.2, 0.25) is 0 Å². The third kappa shape index (κ3) is 3.25. The first-order chi connectivity index (χ1) is 9.22. The first kappa shape index (κ1) is 15.1. The smallest absolute Gasteiger partial charge is 0.410 e. The van der Waals surface area contributed by atoms with Crippen LogP contribution in [0.25, 0.3) is 0 Å². The van der Waals surface area contributed by atoms with Crippen molar-refractivity contribution in [2.24, 2.45) is 11.3 Å². The molecule has 1 N–H and O–H groups in total. The normalized spacial score (nSPS) is 29.9. The van der Waals surface area contributed by atoms with Gasteiger partial charge in [0, 0.05) is 19.5 Å². The molecule has 2 atom stereocenters. The van der Waals surface area contributed by atoms with Gasteiger partial charge in [-0.3, -0.25) is 4.79 Å². The van der Waals surface area contributed by atoms with E-state index in [4.69, 9.17) is 9.84 Å². The summed E-state index contributed by atoms with van der Waals surface area (Å²) in [6.07, 6.45) is 3.93. The van der Waals surface area contributed by atoms with Gasteiger partial charge in [0.05, 0.1) is 0 Å². The van der Waals surface area contributed by atoms with Crippen LogP contribution < -0.4 is 0 Å². The lowest BCUT2D eigenvalue weighted by molar-refractivity contribution is -0.139. The number of carboxylic acids is 1. The Kier molecular flexibility index (Phi) is 3.98. The SMILES string of the molecule is CC(C)(C)OC(=O)N1CCC2(CCCC2CC(=O)O)C1. The lowest BCUT2D eigenvalue weighted by Crippen LogP contribution is -2.38. The predicted molar refractivity (Wildman–Crippen MR) is 74.5 cm³/mol. The first-order valence-corrected chi connectivity index (χ1v) is 7.42. The Hall–Kier alpha value is -1.26. The summed E-state index contributed by atoms with van der Waals surface area (Å²) in [5, 5.41) is 9.04. The maximum absolute atomic E-state index is 12.1. The van der Waals surface area contributed by atoms with E-state index in [2.05, 4.69) is 0 Å². The number of rotatable bonds is 2. The highest BCUT2D eigenvalue weighted by Gasteiger charge is 2.49. The lowest BCUT2D eigenvalue weighted by atomic mass is 9.75. The molecule has 1 spiro atoms. The molecule has 2 rings (SSSR count). The van der Waals surface area contributed by atoms with Crippen molar-refractivity contribution in [2.45, 2.75) is 58.5 Å². The maximum atomic E-state index is 12.1. The van der Waals surface area contributed by atoms with Crippen molar-refractivity contribution < 1.29 is 19.4 Å². The van der Waals surface area contributed by atoms with E-state index in [1.165, 1.54) is 0 Å². The number of likely N-dealkylation sites (tertiary alicyclic amines) is 1. The highest BCUT2D eigenvalue weighted by Crippen LogP contribution is 2.51. The molecule has 0 aromatic rings. The fourth-order valence-corrected chi connectivity index (χ4v) is 3.66. The van der Waals surface area contributed by atoms with Crippen molar-refractivity contribution in [1.29, 1.82) is 0 Å². The molecule has 2 unspecified atom stereocenters. The fourth-order valence-electron chi connectivity index (χ4n) is 3.66. The van der Waals surface area contributed by atoms with Crippen LogP contribution in [0.4, 0.5) is 4.79 Å². The van der Waals surface area contributed by atoms with Gasteiger partial charge >= 0.3 is 12.1 Å². The van der Waals surface area contributed by atoms with E-state index in [0.717, 1.165) is 25.7 Å². The summed E-state index contributed by atoms with van der Waals surface area (Å²) in [6.45, 7) is 6.92. The average Bonchev–Trinajstić information content (AvgIpc) is 2.85. The molecular weight excluding hydrogens is 258 g/mol. The van der Waals surface area contributed by atoms with Gasteiger partial charge in [0.1, 0.15) is 5.60 Å². The molecule has 2 aliphatic rings. The van der Waals surface area contributed by atoms with Gasteiger partial charge < -0.3 is 14.7 Å². The van der Waals surface area contributed by atoms with Crippen molar-refractivity contribution in [1.82, 2.24) is 4.90 Å². The van der Waals surface area contributed by atoms with Crippen molar-refractivity contribution in [2.75, 3.05) is 13.1 Å². The van der Waals surface area contributed by atoms with E-state index in [1.807, 2.05) is 20.8 Å². The third-order valence-corrected chi connectivity index (χ3v) is 4.55. The number of hydrogen-bond donors (Lipinski definition) is 1. The summed E-state index contributed by atoms with van der Waals surface area (Å²) >= 11 is 0. The highest BCUT2D eigenvalue weighted by molar-refractivity contribution is 5.69. The molecule has 0 bridgehead atoms. The minimum atomic E-state index is -0.730. The number of carbonyl (C=O) groups excluding carboxylic acids is 1. The second kappa shape index (κ2) is 5.26. The van der Waals surface area contributed by atoms with Crippen LogP contribution in [0.5, 0.6) is 0 Å². The molecule has 1 saturated heterocycles. The van der Waals surface area contributed by atoms with Gasteiger partial charge in [0.15, 0.2) is 0 Å². The molecule has 0 aromatic heterocycles. The van der Waals surface area contributed by atoms with Crippen LogP contribution in [0.15, 0.2) is 0 Å². The van der Waals surface area contributed by atoms with Crippen molar-refractivity contribution >= 4 is 12.1 Å². The molecule has 0 radical (unpaired) electrons. The number of carboxylic acid groups (broad SMARTS) is 1. The van der Waals surface area contributed by atoms with E-state index < -0.39 is 11.6 Å². The van der Waals surface area contributed by atoms with Gasteiger partial charge in [-0.25, -0.2) is 4.79 Å². The molecular formula is C15H25NO4. The zero-order valence-corrected chi connectivity index (χ0v) is 12.6. The first-order valence-electron chi connectivity index (χ1n) is 7.42. The highest BCUT2D eigenvalue weighted by atomic mass is 16.6. The van der Waals surface area contributed by atoms with Crippen LogP contribution >= 0.6 is 0 Å². The number of hydrogen-bond acceptors (Lipinski definition) is 3. The minimum absolute atomic E-state index is 0.00922. The Morgan fingerprint density at radius 3 is 2.65 bits per heavy atom. The van der Waals surface area contributed by atoms with Crippen molar-refractivity contribution in [3.05, 3.63) is 0 Å². The molecule has 1 heterocycles. The molecule has 2 fully saturated rings. The molecule has 1 amide bonds. The molecule has 5 nitrogen and oxygen atoms in total. The van der Waals surface area contributed by atoms with Crippen LogP contribution in [0.3, 0.4) is 0 Å². The van der Waals surface area contributed by atoms with E-state index in [0.29, 0.717) is 13.1 Å². The molecule has 114 valence electrons. The molecule has 1 aliphatic heterocycles. The van der Waals surface area contributed by atoms with Crippen molar-refractivity contribution in [3.8, 4) is 0 Å². The summed E-state index contributed by atoms with van der Waals surface area (Å²) in [5.41, 5.74) is -0.474. The maximum Gasteiger partial charge on any atom is 0.410 e. The van der Waals surface area contributed by atoms with Gasteiger partial charge in [-0.05, 0) is 51.4 Å². The minimum Gasteiger partial charge on any atom is -0.481 e. The molecule has 0 aromatic carbocycles. The van der Waals surface area contributed by atoms with Gasteiger partial charge in [-0.2, -0.15) is 0 Å². The quantitative estimate of drug-likeness (QED) is 0.846. The molecule has 1 saturated carbocycles. The van der Waals surface area contributed by atoms with Crippen LogP contribution in [-0.2, 0) is 9.53 Å². The van der Waals surface area contributed by atoms with Gasteiger partial charge in [0.25, 0.3) is 0 Å². The number of ether oxygens (including phenoxy) is 1. The summed E-state index contributed by atoms with van der Waals surface area (Å²) < 4.78 is 5.41. The zero-order valence-electron chi connectivity index (χ0n) is 12.6. The second-order valence-corrected chi connectivity index (χ2v) is 7.20. The number of nitrogens with zero attached hydrogens (tertiary/aromatic N) is 1. The average molecular weight is 283 g/mol. The Bertz CT molecular complexity index is 401. The Balaban J connectivity index is 2.00. The number of aliphatic carboxylic acids is 1. The van der Waals surface area contributed by atoms with E-state index in [9.17, 15) is 9.59 Å². The lowest BCUT2D eigenvalue weighted by Gasteiger charge is -2.31. The largest absolute Gasteiger partial charge is 0.481 e. The predicted octanol–water partition coefficient (Wildman–Crippen LogP) is 2.89. The molecule has 1 aliphatic carbocycles. The Labute approximate surface area is 120 Å². The summed E-state index contributed by atoms with van der Waals surface area (Å²) in [7, 11) is 0. The monoisotopic (exact) mass is 283 g/mol. The van der Waals surface area contributed by atoms with Gasteiger partial charge in [-0.1, -0.05) is 6.42 Å². The number of carbonyl (C=O) groups is 2. The molecule has 20 heavy (non-hydrogen) atoms. The summed E-state index contributed by atoms with van der Waals surface area (Å²) in [6, 6.07) is 0. The van der Waals surface area contributed by atoms with Crippen LogP contribution in [-0.4, -0.2) is 40.8 Å². The summed E-state index contributed by atoms with van der Waals surface area (Å²) in [4.78, 5) is 24.9. The van der Waals surface area contributed by atoms with E-state index in [-0.39, 0.29) is 23.8 Å². The Morgan fingerprint density at radius 2 is 2.05 bits per heavy atom. The van der Waals surface area contributed by atoms with E-state index in [1.54, 1.807) is 4.90 Å². The molecule has 5 heteroatoms. The van der Waals surface area contributed by atoms with Crippen LogP contribution in [0, 0.1) is 11.3 Å². The number of amides is 1. The zero-order chi connectivity index (χ0) is 15.0. The van der Waals surface area contributed by atoms with Crippen molar-refractivity contribution in [3.63, 3.8) is 0 Å². The second-order valence-electron chi connectivity index (χ2n) is 7.20. The topological polar surface area (TPSA) is 66.8 Å². The fraction of sp³-hybridized carbons (Fsp3) is 0.867. The van der Waals surface area contributed by atoms with E-state index >= 15 is 0 Å². The van der Waals surface area contributed by atoms with Crippen LogP contribution in [0.1, 0.15) is 52.9 Å². The standard InChI is InChI=1S/C15H25NO4/c1-14(2,3)20-13(19)16-8-7-15(10-16)6-4-5-11(15)9-12(17)18/h11H,4-10H2,1-3H3,(H,17,18). The van der Waals surface area contributed by atoms with Gasteiger partial charge in [-0.15, -0.1) is 0 Å². The summed E-state index contributed by atoms with van der Waals surface area (Å²) in [5.74, 6) is -0.528.